The Balaban J connectivity index is 0.00000272. The molecule has 0 amide bonds. The van der Waals surface area contributed by atoms with Gasteiger partial charge in [0.15, 0.2) is 0 Å². The Morgan fingerprint density at radius 3 is 1.29 bits per heavy atom. The first-order chi connectivity index (χ1) is 14.2. The van der Waals surface area contributed by atoms with Gasteiger partial charge in [0.05, 0.1) is 22.8 Å². The third-order valence-electron chi connectivity index (χ3n) is 5.98. The molecule has 2 aliphatic heterocycles. The molecule has 5 heteroatoms. The first-order valence-electron chi connectivity index (χ1n) is 10.1. The SMILES string of the molecule is CC(C)(C1=N/C(=C2/C=CC(C(C)(C)c3ccccc3O)=N2)C=C1)c1ccccc1O.[Zn]. The fourth-order valence-electron chi connectivity index (χ4n) is 3.99. The summed E-state index contributed by atoms with van der Waals surface area (Å²) in [5.74, 6) is 0.537. The smallest absolute Gasteiger partial charge is 0.119 e. The largest absolute Gasteiger partial charge is 0.508 e. The normalized spacial score (nSPS) is 18.1. The quantitative estimate of drug-likeness (QED) is 0.581. The number of hydrogen-bond acceptors (Lipinski definition) is 4. The van der Waals surface area contributed by atoms with E-state index in [0.29, 0.717) is 0 Å². The van der Waals surface area contributed by atoms with Gasteiger partial charge in [0.25, 0.3) is 0 Å². The van der Waals surface area contributed by atoms with Crippen LogP contribution >= 0.6 is 0 Å². The van der Waals surface area contributed by atoms with E-state index in [2.05, 4.69) is 27.7 Å². The minimum Gasteiger partial charge on any atom is -0.508 e. The molecule has 2 aromatic carbocycles. The Hall–Kier alpha value is -2.78. The summed E-state index contributed by atoms with van der Waals surface area (Å²) in [6.45, 7) is 8.22. The van der Waals surface area contributed by atoms with Gasteiger partial charge in [-0.1, -0.05) is 64.1 Å². The summed E-state index contributed by atoms with van der Waals surface area (Å²) in [7, 11) is 0. The van der Waals surface area contributed by atoms with Crippen LogP contribution < -0.4 is 0 Å². The van der Waals surface area contributed by atoms with Crippen LogP contribution in [0.1, 0.15) is 38.8 Å². The molecule has 2 aliphatic rings. The van der Waals surface area contributed by atoms with Crippen molar-refractivity contribution in [2.24, 2.45) is 9.98 Å². The molecule has 4 rings (SSSR count). The van der Waals surface area contributed by atoms with E-state index in [9.17, 15) is 10.2 Å². The van der Waals surface area contributed by atoms with Gasteiger partial charge in [0, 0.05) is 41.4 Å². The van der Waals surface area contributed by atoms with E-state index in [-0.39, 0.29) is 31.0 Å². The van der Waals surface area contributed by atoms with Gasteiger partial charge in [-0.25, -0.2) is 0 Å². The second-order valence-electron chi connectivity index (χ2n) is 8.72. The van der Waals surface area contributed by atoms with Crippen molar-refractivity contribution in [3.05, 3.63) is 95.4 Å². The number of aliphatic imine (C=N–C) groups is 2. The number of phenolic OH excluding ortho intramolecular Hbond substituents is 2. The Bertz CT molecular complexity index is 1080. The molecule has 0 radical (unpaired) electrons. The number of rotatable bonds is 4. The maximum Gasteiger partial charge on any atom is 0.119 e. The van der Waals surface area contributed by atoms with E-state index in [4.69, 9.17) is 9.98 Å². The zero-order valence-electron chi connectivity index (χ0n) is 18.4. The van der Waals surface area contributed by atoms with Gasteiger partial charge in [-0.3, -0.25) is 9.98 Å². The number of hydrogen-bond donors (Lipinski definition) is 2. The summed E-state index contributed by atoms with van der Waals surface area (Å²) in [5.41, 5.74) is 4.16. The summed E-state index contributed by atoms with van der Waals surface area (Å²) in [6, 6.07) is 14.7. The molecule has 0 fully saturated rings. The van der Waals surface area contributed by atoms with Crippen LogP contribution in [0.15, 0.2) is 94.2 Å². The van der Waals surface area contributed by atoms with E-state index < -0.39 is 10.8 Å². The molecule has 4 nitrogen and oxygen atoms in total. The van der Waals surface area contributed by atoms with Crippen molar-refractivity contribution in [2.45, 2.75) is 38.5 Å². The van der Waals surface area contributed by atoms with Crippen molar-refractivity contribution in [1.29, 1.82) is 0 Å². The van der Waals surface area contributed by atoms with Crippen molar-refractivity contribution < 1.29 is 29.7 Å². The molecule has 0 aromatic heterocycles. The maximum absolute atomic E-state index is 10.3. The first-order valence-corrected chi connectivity index (χ1v) is 10.1. The fourth-order valence-corrected chi connectivity index (χ4v) is 3.99. The molecule has 0 aliphatic carbocycles. The topological polar surface area (TPSA) is 65.2 Å². The fraction of sp³-hybridized carbons (Fsp3) is 0.231. The van der Waals surface area contributed by atoms with Crippen LogP contribution in [0.4, 0.5) is 0 Å². The number of para-hydroxylation sites is 2. The second-order valence-corrected chi connectivity index (χ2v) is 8.72. The van der Waals surface area contributed by atoms with Gasteiger partial charge in [-0.15, -0.1) is 0 Å². The molecule has 2 aromatic rings. The van der Waals surface area contributed by atoms with Crippen molar-refractivity contribution in [1.82, 2.24) is 0 Å². The number of nitrogens with zero attached hydrogens (tertiary/aromatic N) is 2. The molecule has 154 valence electrons. The van der Waals surface area contributed by atoms with Gasteiger partial charge in [-0.05, 0) is 36.4 Å². The maximum atomic E-state index is 10.3. The molecule has 2 heterocycles. The molecular weight excluding hydrogens is 438 g/mol. The first kappa shape index (κ1) is 22.9. The van der Waals surface area contributed by atoms with Crippen LogP contribution in [0.25, 0.3) is 0 Å². The van der Waals surface area contributed by atoms with Crippen LogP contribution in [0, 0.1) is 0 Å². The molecule has 0 spiro atoms. The van der Waals surface area contributed by atoms with E-state index in [0.717, 1.165) is 33.9 Å². The van der Waals surface area contributed by atoms with Gasteiger partial charge in [0.2, 0.25) is 0 Å². The number of aromatic hydroxyl groups is 2. The summed E-state index contributed by atoms with van der Waals surface area (Å²) < 4.78 is 0. The van der Waals surface area contributed by atoms with Crippen molar-refractivity contribution in [2.75, 3.05) is 0 Å². The summed E-state index contributed by atoms with van der Waals surface area (Å²) in [4.78, 5) is 9.66. The van der Waals surface area contributed by atoms with E-state index in [1.165, 1.54) is 0 Å². The molecule has 0 bridgehead atoms. The van der Waals surface area contributed by atoms with Crippen molar-refractivity contribution in [3.63, 3.8) is 0 Å². The molecule has 0 saturated carbocycles. The number of phenols is 2. The predicted molar refractivity (Wildman–Crippen MR) is 122 cm³/mol. The van der Waals surface area contributed by atoms with Crippen LogP contribution in [-0.2, 0) is 30.3 Å². The Morgan fingerprint density at radius 1 is 0.581 bits per heavy atom. The Morgan fingerprint density at radius 2 is 0.935 bits per heavy atom. The van der Waals surface area contributed by atoms with Gasteiger partial charge >= 0.3 is 0 Å². The Kier molecular flexibility index (Phi) is 6.20. The summed E-state index contributed by atoms with van der Waals surface area (Å²) >= 11 is 0. The van der Waals surface area contributed by atoms with Crippen molar-refractivity contribution in [3.8, 4) is 11.5 Å². The van der Waals surface area contributed by atoms with Gasteiger partial charge in [-0.2, -0.15) is 0 Å². The zero-order valence-corrected chi connectivity index (χ0v) is 21.4. The predicted octanol–water partition coefficient (Wildman–Crippen LogP) is 5.58. The molecule has 2 N–H and O–H groups in total. The zero-order chi connectivity index (χ0) is 21.5. The second kappa shape index (κ2) is 8.39. The van der Waals surface area contributed by atoms with Crippen LogP contribution in [0.5, 0.6) is 11.5 Å². The number of benzene rings is 2. The van der Waals surface area contributed by atoms with Crippen molar-refractivity contribution >= 4 is 11.4 Å². The molecule has 0 atom stereocenters. The Labute approximate surface area is 196 Å². The van der Waals surface area contributed by atoms with Gasteiger partial charge in [0.1, 0.15) is 11.5 Å². The number of allylic oxidation sites excluding steroid dienone is 4. The van der Waals surface area contributed by atoms with Crippen LogP contribution in [0.3, 0.4) is 0 Å². The summed E-state index contributed by atoms with van der Waals surface area (Å²) in [5, 5.41) is 20.6. The molecular formula is C26H26N2O2Zn. The third-order valence-corrected chi connectivity index (χ3v) is 5.98. The van der Waals surface area contributed by atoms with Crippen LogP contribution in [-0.4, -0.2) is 21.6 Å². The van der Waals surface area contributed by atoms with E-state index in [1.807, 2.05) is 60.7 Å². The summed E-state index contributed by atoms with van der Waals surface area (Å²) in [6.07, 6.45) is 7.92. The van der Waals surface area contributed by atoms with Gasteiger partial charge < -0.3 is 10.2 Å². The molecule has 0 saturated heterocycles. The average molecular weight is 464 g/mol. The minimum atomic E-state index is -0.436. The monoisotopic (exact) mass is 462 g/mol. The molecule has 0 unspecified atom stereocenters. The average Bonchev–Trinajstić information content (AvgIpc) is 3.38. The molecule has 31 heavy (non-hydrogen) atoms. The minimum absolute atomic E-state index is 0. The standard InChI is InChI=1S/C26H26N2O2.Zn/c1-25(2,17-9-5-7-11-21(17)29)23-15-13-19(27-23)20-14-16-24(28-20)26(3,4)18-10-6-8-12-22(18)30;/h5-16,29-30H,1-4H3;/b20-19-;. The third kappa shape index (κ3) is 4.07. The van der Waals surface area contributed by atoms with E-state index in [1.54, 1.807) is 12.1 Å². The van der Waals surface area contributed by atoms with Crippen LogP contribution in [0.2, 0.25) is 0 Å². The van der Waals surface area contributed by atoms with E-state index >= 15 is 0 Å².